The molecule has 1 aromatic heterocycles. The molecule has 3 heterocycles. The third kappa shape index (κ3) is 4.06. The summed E-state index contributed by atoms with van der Waals surface area (Å²) >= 11 is 0. The molecule has 0 unspecified atom stereocenters. The molecular weight excluding hydrogens is 447 g/mol. The summed E-state index contributed by atoms with van der Waals surface area (Å²) in [5.41, 5.74) is 3.30. The quantitative estimate of drug-likeness (QED) is 0.583. The maximum atomic E-state index is 13.0. The number of hydrogen-bond acceptors (Lipinski definition) is 4. The third-order valence-electron chi connectivity index (χ3n) is 6.48. The molecule has 2 aliphatic heterocycles. The molecule has 0 bridgehead atoms. The molecule has 2 aliphatic rings. The lowest BCUT2D eigenvalue weighted by atomic mass is 9.82. The van der Waals surface area contributed by atoms with Crippen LogP contribution in [-0.2, 0) is 5.54 Å². The number of likely N-dealkylation sites (tertiary alicyclic amines) is 1. The van der Waals surface area contributed by atoms with Crippen LogP contribution in [0.3, 0.4) is 0 Å². The molecule has 2 aromatic carbocycles. The topological polar surface area (TPSA) is 55.7 Å². The van der Waals surface area contributed by atoms with Gasteiger partial charge in [0.15, 0.2) is 6.61 Å². The van der Waals surface area contributed by atoms with Crippen molar-refractivity contribution >= 4 is 11.6 Å². The SMILES string of the molecule is COc1ccc2c(c1)NC1(CCN(C(=O)c3ccc(OCC(F)(F)F)cc3)CC1)c1cccn1-2. The molecule has 3 aromatic rings. The van der Waals surface area contributed by atoms with E-state index < -0.39 is 12.8 Å². The number of hydrogen-bond donors (Lipinski definition) is 1. The molecule has 0 atom stereocenters. The summed E-state index contributed by atoms with van der Waals surface area (Å²) in [5, 5.41) is 3.72. The molecule has 34 heavy (non-hydrogen) atoms. The van der Waals surface area contributed by atoms with Crippen molar-refractivity contribution in [2.75, 3.05) is 32.1 Å². The third-order valence-corrected chi connectivity index (χ3v) is 6.48. The van der Waals surface area contributed by atoms with Gasteiger partial charge in [0.2, 0.25) is 0 Å². The number of carbonyl (C=O) groups excluding carboxylic acids is 1. The molecule has 1 spiro atoms. The Morgan fingerprint density at radius 1 is 1.06 bits per heavy atom. The van der Waals surface area contributed by atoms with Crippen LogP contribution in [0, 0.1) is 0 Å². The van der Waals surface area contributed by atoms with Crippen LogP contribution < -0.4 is 14.8 Å². The van der Waals surface area contributed by atoms with Crippen LogP contribution in [0.25, 0.3) is 5.69 Å². The normalized spacial score (nSPS) is 16.4. The van der Waals surface area contributed by atoms with Gasteiger partial charge in [0.1, 0.15) is 11.5 Å². The van der Waals surface area contributed by atoms with E-state index in [-0.39, 0.29) is 17.2 Å². The number of fused-ring (bicyclic) bond motifs is 4. The van der Waals surface area contributed by atoms with E-state index in [0.29, 0.717) is 31.5 Å². The first-order valence-electron chi connectivity index (χ1n) is 11.0. The number of carbonyl (C=O) groups is 1. The summed E-state index contributed by atoms with van der Waals surface area (Å²) < 4.78 is 49.3. The number of ether oxygens (including phenoxy) is 2. The van der Waals surface area contributed by atoms with Gasteiger partial charge in [0.05, 0.1) is 24.0 Å². The Kier molecular flexibility index (Phi) is 5.42. The molecule has 1 saturated heterocycles. The lowest BCUT2D eigenvalue weighted by molar-refractivity contribution is -0.153. The first kappa shape index (κ1) is 22.2. The fourth-order valence-corrected chi connectivity index (χ4v) is 4.77. The number of rotatable bonds is 4. The Morgan fingerprint density at radius 3 is 2.44 bits per heavy atom. The summed E-state index contributed by atoms with van der Waals surface area (Å²) in [6, 6.07) is 15.9. The Bertz CT molecular complexity index is 1200. The average Bonchev–Trinajstić information content (AvgIpc) is 3.34. The van der Waals surface area contributed by atoms with E-state index in [1.54, 1.807) is 12.0 Å². The van der Waals surface area contributed by atoms with E-state index in [0.717, 1.165) is 22.8 Å². The minimum absolute atomic E-state index is 0.0766. The predicted molar refractivity (Wildman–Crippen MR) is 121 cm³/mol. The second-order valence-corrected chi connectivity index (χ2v) is 8.57. The van der Waals surface area contributed by atoms with Crippen molar-refractivity contribution in [3.8, 4) is 17.2 Å². The molecule has 9 heteroatoms. The molecule has 0 aliphatic carbocycles. The molecule has 1 amide bonds. The van der Waals surface area contributed by atoms with Gasteiger partial charge in [-0.2, -0.15) is 13.2 Å². The number of anilines is 1. The molecule has 5 rings (SSSR count). The van der Waals surface area contributed by atoms with Gasteiger partial charge in [-0.05, 0) is 61.4 Å². The van der Waals surface area contributed by atoms with Crippen molar-refractivity contribution in [1.82, 2.24) is 9.47 Å². The zero-order valence-electron chi connectivity index (χ0n) is 18.6. The first-order chi connectivity index (χ1) is 16.3. The highest BCUT2D eigenvalue weighted by molar-refractivity contribution is 5.94. The second kappa shape index (κ2) is 8.30. The van der Waals surface area contributed by atoms with E-state index in [1.807, 2.05) is 30.5 Å². The van der Waals surface area contributed by atoms with Gasteiger partial charge in [-0.1, -0.05) is 0 Å². The van der Waals surface area contributed by atoms with Gasteiger partial charge in [0, 0.05) is 36.6 Å². The minimum Gasteiger partial charge on any atom is -0.497 e. The van der Waals surface area contributed by atoms with Crippen LogP contribution in [0.5, 0.6) is 11.5 Å². The Balaban J connectivity index is 1.29. The number of methoxy groups -OCH3 is 1. The van der Waals surface area contributed by atoms with Gasteiger partial charge >= 0.3 is 6.18 Å². The van der Waals surface area contributed by atoms with Crippen molar-refractivity contribution in [1.29, 1.82) is 0 Å². The number of nitrogens with zero attached hydrogens (tertiary/aromatic N) is 2. The van der Waals surface area contributed by atoms with Gasteiger partial charge in [-0.3, -0.25) is 4.79 Å². The van der Waals surface area contributed by atoms with Gasteiger partial charge in [-0.15, -0.1) is 0 Å². The molecule has 0 saturated carbocycles. The fourth-order valence-electron chi connectivity index (χ4n) is 4.77. The van der Waals surface area contributed by atoms with Gasteiger partial charge in [-0.25, -0.2) is 0 Å². The van der Waals surface area contributed by atoms with E-state index in [4.69, 9.17) is 9.47 Å². The molecule has 1 N–H and O–H groups in total. The number of halogens is 3. The van der Waals surface area contributed by atoms with Crippen molar-refractivity contribution in [3.05, 3.63) is 72.1 Å². The standard InChI is InChI=1S/C25H24F3N3O3/c1-33-19-8-9-21-20(15-19)29-24(22-3-2-12-31(21)22)10-13-30(14-11-24)23(32)17-4-6-18(7-5-17)34-16-25(26,27)28/h2-9,12,15,29H,10-11,13-14,16H2,1H3. The number of nitrogens with one attached hydrogen (secondary N) is 1. The van der Waals surface area contributed by atoms with Crippen molar-refractivity contribution in [2.45, 2.75) is 24.6 Å². The van der Waals surface area contributed by atoms with Crippen LogP contribution in [0.2, 0.25) is 0 Å². The number of amides is 1. The predicted octanol–water partition coefficient (Wildman–Crippen LogP) is 4.98. The van der Waals surface area contributed by atoms with E-state index in [9.17, 15) is 18.0 Å². The zero-order chi connectivity index (χ0) is 23.9. The molecule has 1 fully saturated rings. The first-order valence-corrected chi connectivity index (χ1v) is 11.0. The monoisotopic (exact) mass is 471 g/mol. The molecule has 6 nitrogen and oxygen atoms in total. The largest absolute Gasteiger partial charge is 0.497 e. The summed E-state index contributed by atoms with van der Waals surface area (Å²) in [5.74, 6) is 0.700. The van der Waals surface area contributed by atoms with E-state index >= 15 is 0 Å². The Morgan fingerprint density at radius 2 is 1.76 bits per heavy atom. The van der Waals surface area contributed by atoms with Gasteiger partial charge in [0.25, 0.3) is 5.91 Å². The Hall–Kier alpha value is -3.62. The maximum absolute atomic E-state index is 13.0. The number of alkyl halides is 3. The van der Waals surface area contributed by atoms with Crippen LogP contribution in [0.1, 0.15) is 28.9 Å². The average molecular weight is 471 g/mol. The van der Waals surface area contributed by atoms with E-state index in [1.165, 1.54) is 24.3 Å². The van der Waals surface area contributed by atoms with Crippen LogP contribution in [-0.4, -0.2) is 48.4 Å². The lowest BCUT2D eigenvalue weighted by Gasteiger charge is -2.46. The van der Waals surface area contributed by atoms with Crippen LogP contribution in [0.4, 0.5) is 18.9 Å². The Labute approximate surface area is 194 Å². The summed E-state index contributed by atoms with van der Waals surface area (Å²) in [7, 11) is 1.64. The second-order valence-electron chi connectivity index (χ2n) is 8.57. The minimum atomic E-state index is -4.41. The summed E-state index contributed by atoms with van der Waals surface area (Å²) in [6.45, 7) is -0.274. The van der Waals surface area contributed by atoms with Crippen LogP contribution in [0.15, 0.2) is 60.8 Å². The number of piperidine rings is 1. The fraction of sp³-hybridized carbons (Fsp3) is 0.320. The number of benzene rings is 2. The molecular formula is C25H24F3N3O3. The molecule has 178 valence electrons. The number of aromatic nitrogens is 1. The highest BCUT2D eigenvalue weighted by atomic mass is 19.4. The summed E-state index contributed by atoms with van der Waals surface area (Å²) in [6.07, 6.45) is -0.932. The zero-order valence-corrected chi connectivity index (χ0v) is 18.6. The lowest BCUT2D eigenvalue weighted by Crippen LogP contribution is -2.51. The van der Waals surface area contributed by atoms with Crippen molar-refractivity contribution < 1.29 is 27.4 Å². The van der Waals surface area contributed by atoms with Crippen molar-refractivity contribution in [2.24, 2.45) is 0 Å². The highest BCUT2D eigenvalue weighted by Crippen LogP contribution is 2.44. The molecule has 0 radical (unpaired) electrons. The summed E-state index contributed by atoms with van der Waals surface area (Å²) in [4.78, 5) is 14.8. The van der Waals surface area contributed by atoms with Crippen molar-refractivity contribution in [3.63, 3.8) is 0 Å². The van der Waals surface area contributed by atoms with E-state index in [2.05, 4.69) is 16.0 Å². The highest BCUT2D eigenvalue weighted by Gasteiger charge is 2.42. The smallest absolute Gasteiger partial charge is 0.422 e. The van der Waals surface area contributed by atoms with Gasteiger partial charge < -0.3 is 24.3 Å². The maximum Gasteiger partial charge on any atom is 0.422 e. The van der Waals surface area contributed by atoms with Crippen LogP contribution >= 0.6 is 0 Å².